The summed E-state index contributed by atoms with van der Waals surface area (Å²) >= 11 is 1.73. The number of aliphatic hydroxyl groups excluding tert-OH is 1. The number of thiazole rings is 1. The molecule has 2 unspecified atom stereocenters. The molecule has 1 aromatic rings. The van der Waals surface area contributed by atoms with E-state index in [0.717, 1.165) is 30.9 Å². The molecular formula is C10H16N2OS. The lowest BCUT2D eigenvalue weighted by Crippen LogP contribution is -2.40. The molecule has 2 rings (SSSR count). The Morgan fingerprint density at radius 1 is 1.71 bits per heavy atom. The Balaban J connectivity index is 1.95. The summed E-state index contributed by atoms with van der Waals surface area (Å²) in [6, 6.07) is 0. The number of nitrogens with zero attached hydrogens (tertiary/aromatic N) is 1. The van der Waals surface area contributed by atoms with E-state index in [9.17, 15) is 5.11 Å². The van der Waals surface area contributed by atoms with Gasteiger partial charge in [0.15, 0.2) is 0 Å². The van der Waals surface area contributed by atoms with Crippen molar-refractivity contribution in [1.29, 1.82) is 0 Å². The molecule has 0 radical (unpaired) electrons. The summed E-state index contributed by atoms with van der Waals surface area (Å²) in [7, 11) is 0. The van der Waals surface area contributed by atoms with Crippen molar-refractivity contribution in [1.82, 2.24) is 10.3 Å². The highest BCUT2D eigenvalue weighted by molar-refractivity contribution is 7.11. The molecular weight excluding hydrogens is 196 g/mol. The second-order valence-corrected chi connectivity index (χ2v) is 5.19. The second kappa shape index (κ2) is 4.38. The molecule has 1 aromatic heterocycles. The summed E-state index contributed by atoms with van der Waals surface area (Å²) in [5.41, 5.74) is 0. The van der Waals surface area contributed by atoms with Gasteiger partial charge >= 0.3 is 0 Å². The van der Waals surface area contributed by atoms with Crippen LogP contribution in [0, 0.1) is 12.8 Å². The summed E-state index contributed by atoms with van der Waals surface area (Å²) < 4.78 is 0. The fraction of sp³-hybridized carbons (Fsp3) is 0.700. The summed E-state index contributed by atoms with van der Waals surface area (Å²) in [5.74, 6) is 0.364. The molecule has 1 aliphatic rings. The van der Waals surface area contributed by atoms with Gasteiger partial charge in [-0.1, -0.05) is 0 Å². The van der Waals surface area contributed by atoms with Crippen molar-refractivity contribution in [3.8, 4) is 0 Å². The van der Waals surface area contributed by atoms with Crippen LogP contribution in [0.15, 0.2) is 6.20 Å². The minimum absolute atomic E-state index is 0.140. The van der Waals surface area contributed by atoms with Crippen LogP contribution in [0.3, 0.4) is 0 Å². The zero-order chi connectivity index (χ0) is 9.97. The largest absolute Gasteiger partial charge is 0.393 e. The number of nitrogens with one attached hydrogen (secondary N) is 1. The first-order valence-corrected chi connectivity index (χ1v) is 5.87. The lowest BCUT2D eigenvalue weighted by atomic mass is 9.93. The van der Waals surface area contributed by atoms with Crippen molar-refractivity contribution >= 4 is 11.3 Å². The Bertz CT molecular complexity index is 300. The standard InChI is InChI=1S/C10H16N2OS/c1-7-12-6-9(14-7)4-8-5-11-3-2-10(8)13/h6,8,10-11,13H,2-5H2,1H3. The fourth-order valence-corrected chi connectivity index (χ4v) is 2.76. The monoisotopic (exact) mass is 212 g/mol. The minimum atomic E-state index is -0.140. The number of hydrogen-bond acceptors (Lipinski definition) is 4. The van der Waals surface area contributed by atoms with Crippen LogP contribution in [0.25, 0.3) is 0 Å². The van der Waals surface area contributed by atoms with Gasteiger partial charge < -0.3 is 10.4 Å². The SMILES string of the molecule is Cc1ncc(CC2CNCCC2O)s1. The van der Waals surface area contributed by atoms with Gasteiger partial charge in [0.05, 0.1) is 11.1 Å². The topological polar surface area (TPSA) is 45.2 Å². The van der Waals surface area contributed by atoms with Gasteiger partial charge in [-0.05, 0) is 26.3 Å². The maximum atomic E-state index is 9.78. The van der Waals surface area contributed by atoms with Crippen LogP contribution in [0.4, 0.5) is 0 Å². The summed E-state index contributed by atoms with van der Waals surface area (Å²) in [6.07, 6.45) is 3.63. The minimum Gasteiger partial charge on any atom is -0.393 e. The maximum absolute atomic E-state index is 9.78. The van der Waals surface area contributed by atoms with Gasteiger partial charge in [-0.3, -0.25) is 0 Å². The van der Waals surface area contributed by atoms with E-state index in [1.54, 1.807) is 11.3 Å². The molecule has 0 bridgehead atoms. The number of aliphatic hydroxyl groups is 1. The molecule has 0 saturated carbocycles. The third-order valence-corrected chi connectivity index (χ3v) is 3.64. The van der Waals surface area contributed by atoms with Crippen molar-refractivity contribution in [3.05, 3.63) is 16.1 Å². The summed E-state index contributed by atoms with van der Waals surface area (Å²) in [4.78, 5) is 5.51. The normalized spacial score (nSPS) is 27.9. The molecule has 2 atom stereocenters. The molecule has 0 amide bonds. The molecule has 0 aliphatic carbocycles. The molecule has 1 fully saturated rings. The third-order valence-electron chi connectivity index (χ3n) is 2.70. The first-order chi connectivity index (χ1) is 6.75. The molecule has 4 heteroatoms. The maximum Gasteiger partial charge on any atom is 0.0896 e. The van der Waals surface area contributed by atoms with Gasteiger partial charge in [-0.25, -0.2) is 4.98 Å². The Morgan fingerprint density at radius 2 is 2.57 bits per heavy atom. The van der Waals surface area contributed by atoms with Crippen LogP contribution in [0.2, 0.25) is 0 Å². The van der Waals surface area contributed by atoms with Crippen LogP contribution < -0.4 is 5.32 Å². The van der Waals surface area contributed by atoms with E-state index in [2.05, 4.69) is 10.3 Å². The van der Waals surface area contributed by atoms with Gasteiger partial charge in [0.2, 0.25) is 0 Å². The smallest absolute Gasteiger partial charge is 0.0896 e. The van der Waals surface area contributed by atoms with Crippen LogP contribution in [-0.2, 0) is 6.42 Å². The van der Waals surface area contributed by atoms with Crippen LogP contribution >= 0.6 is 11.3 Å². The molecule has 1 saturated heterocycles. The first kappa shape index (κ1) is 10.1. The zero-order valence-corrected chi connectivity index (χ0v) is 9.18. The van der Waals surface area contributed by atoms with E-state index in [1.807, 2.05) is 13.1 Å². The molecule has 2 heterocycles. The average Bonchev–Trinajstić information content (AvgIpc) is 2.56. The highest BCUT2D eigenvalue weighted by Crippen LogP contribution is 2.20. The number of aryl methyl sites for hydroxylation is 1. The van der Waals surface area contributed by atoms with E-state index in [1.165, 1.54) is 4.88 Å². The van der Waals surface area contributed by atoms with Crippen LogP contribution in [0.5, 0.6) is 0 Å². The second-order valence-electron chi connectivity index (χ2n) is 3.87. The van der Waals surface area contributed by atoms with E-state index >= 15 is 0 Å². The van der Waals surface area contributed by atoms with Gasteiger partial charge in [-0.15, -0.1) is 11.3 Å². The first-order valence-electron chi connectivity index (χ1n) is 5.06. The van der Waals surface area contributed by atoms with Crippen molar-refractivity contribution in [2.75, 3.05) is 13.1 Å². The van der Waals surface area contributed by atoms with Crippen molar-refractivity contribution in [2.24, 2.45) is 5.92 Å². The van der Waals surface area contributed by atoms with Gasteiger partial charge in [-0.2, -0.15) is 0 Å². The third kappa shape index (κ3) is 2.32. The van der Waals surface area contributed by atoms with E-state index in [-0.39, 0.29) is 6.10 Å². The van der Waals surface area contributed by atoms with Crippen LogP contribution in [0.1, 0.15) is 16.3 Å². The van der Waals surface area contributed by atoms with Gasteiger partial charge in [0.25, 0.3) is 0 Å². The molecule has 1 aliphatic heterocycles. The zero-order valence-electron chi connectivity index (χ0n) is 8.36. The fourth-order valence-electron chi connectivity index (χ4n) is 1.88. The molecule has 0 spiro atoms. The summed E-state index contributed by atoms with van der Waals surface area (Å²) in [5, 5.41) is 14.2. The Kier molecular flexibility index (Phi) is 3.15. The molecule has 0 aromatic carbocycles. The highest BCUT2D eigenvalue weighted by Gasteiger charge is 2.23. The average molecular weight is 212 g/mol. The highest BCUT2D eigenvalue weighted by atomic mass is 32.1. The predicted octanol–water partition coefficient (Wildman–Crippen LogP) is 0.964. The number of hydrogen-bond donors (Lipinski definition) is 2. The Labute approximate surface area is 88.2 Å². The molecule has 2 N–H and O–H groups in total. The Hall–Kier alpha value is -0.450. The van der Waals surface area contributed by atoms with Gasteiger partial charge in [0, 0.05) is 23.5 Å². The van der Waals surface area contributed by atoms with Crippen molar-refractivity contribution in [2.45, 2.75) is 25.9 Å². The number of piperidine rings is 1. The molecule has 78 valence electrons. The van der Waals surface area contributed by atoms with Crippen LogP contribution in [-0.4, -0.2) is 29.3 Å². The number of rotatable bonds is 2. The van der Waals surface area contributed by atoms with E-state index in [0.29, 0.717) is 5.92 Å². The summed E-state index contributed by atoms with van der Waals surface area (Å²) in [6.45, 7) is 3.89. The van der Waals surface area contributed by atoms with Crippen molar-refractivity contribution < 1.29 is 5.11 Å². The molecule has 3 nitrogen and oxygen atoms in total. The quantitative estimate of drug-likeness (QED) is 0.767. The lowest BCUT2D eigenvalue weighted by molar-refractivity contribution is 0.0795. The lowest BCUT2D eigenvalue weighted by Gasteiger charge is -2.27. The number of aromatic nitrogens is 1. The van der Waals surface area contributed by atoms with Crippen molar-refractivity contribution in [3.63, 3.8) is 0 Å². The Morgan fingerprint density at radius 3 is 3.21 bits per heavy atom. The van der Waals surface area contributed by atoms with Gasteiger partial charge in [0.1, 0.15) is 0 Å². The molecule has 14 heavy (non-hydrogen) atoms. The predicted molar refractivity (Wildman–Crippen MR) is 57.5 cm³/mol. The van der Waals surface area contributed by atoms with E-state index < -0.39 is 0 Å². The van der Waals surface area contributed by atoms with E-state index in [4.69, 9.17) is 0 Å².